The monoisotopic (exact) mass is 252 g/mol. The minimum absolute atomic E-state index is 0.705. The zero-order valence-corrected chi connectivity index (χ0v) is 11.0. The van der Waals surface area contributed by atoms with Crippen molar-refractivity contribution in [3.63, 3.8) is 0 Å². The highest BCUT2D eigenvalue weighted by Gasteiger charge is 2.18. The number of hydrogen-bond donors (Lipinski definition) is 1. The molecule has 0 radical (unpaired) electrons. The van der Waals surface area contributed by atoms with Gasteiger partial charge in [-0.2, -0.15) is 10.4 Å². The van der Waals surface area contributed by atoms with E-state index >= 15 is 0 Å². The number of nitrogens with one attached hydrogen (secondary N) is 1. The topological polar surface area (TPSA) is 53.6 Å². The van der Waals surface area contributed by atoms with Gasteiger partial charge in [0.1, 0.15) is 0 Å². The summed E-state index contributed by atoms with van der Waals surface area (Å²) in [6, 6.07) is 9.92. The largest absolute Gasteiger partial charge is 0.312 e. The van der Waals surface area contributed by atoms with E-state index in [9.17, 15) is 0 Å². The fourth-order valence-corrected chi connectivity index (χ4v) is 2.64. The zero-order chi connectivity index (χ0) is 13.2. The van der Waals surface area contributed by atoms with E-state index < -0.39 is 0 Å². The van der Waals surface area contributed by atoms with Crippen molar-refractivity contribution in [1.82, 2.24) is 15.1 Å². The van der Waals surface area contributed by atoms with E-state index in [2.05, 4.69) is 28.1 Å². The van der Waals surface area contributed by atoms with Gasteiger partial charge in [-0.25, -0.2) is 0 Å². The van der Waals surface area contributed by atoms with E-state index in [0.717, 1.165) is 37.3 Å². The lowest BCUT2D eigenvalue weighted by molar-refractivity contribution is 0.582. The van der Waals surface area contributed by atoms with E-state index in [4.69, 9.17) is 5.26 Å². The summed E-state index contributed by atoms with van der Waals surface area (Å²) < 4.78 is 2.09. The van der Waals surface area contributed by atoms with E-state index in [0.29, 0.717) is 5.56 Å². The Bertz CT molecular complexity index is 649. The molecular formula is C15H16N4. The van der Waals surface area contributed by atoms with Gasteiger partial charge in [0.05, 0.1) is 23.9 Å². The second-order valence-electron chi connectivity index (χ2n) is 4.91. The number of rotatable bonds is 2. The van der Waals surface area contributed by atoms with Gasteiger partial charge in [-0.05, 0) is 24.6 Å². The van der Waals surface area contributed by atoms with Gasteiger partial charge in [0, 0.05) is 30.8 Å². The number of nitrogens with zero attached hydrogens (tertiary/aromatic N) is 3. The number of aromatic nitrogens is 2. The smallest absolute Gasteiger partial charge is 0.0991 e. The van der Waals surface area contributed by atoms with Crippen molar-refractivity contribution in [3.8, 4) is 6.07 Å². The Labute approximate surface area is 112 Å². The molecule has 96 valence electrons. The van der Waals surface area contributed by atoms with Crippen molar-refractivity contribution < 1.29 is 0 Å². The lowest BCUT2D eigenvalue weighted by atomic mass is 10.1. The molecule has 2 aromatic rings. The first-order valence-electron chi connectivity index (χ1n) is 6.53. The van der Waals surface area contributed by atoms with Crippen molar-refractivity contribution in [2.75, 3.05) is 6.54 Å². The van der Waals surface area contributed by atoms with Gasteiger partial charge in [0.2, 0.25) is 0 Å². The molecule has 1 aliphatic rings. The Hall–Kier alpha value is -2.12. The molecule has 1 aromatic carbocycles. The number of benzene rings is 1. The van der Waals surface area contributed by atoms with Crippen LogP contribution in [0.3, 0.4) is 0 Å². The van der Waals surface area contributed by atoms with Gasteiger partial charge >= 0.3 is 0 Å². The predicted molar refractivity (Wildman–Crippen MR) is 72.6 cm³/mol. The van der Waals surface area contributed by atoms with Gasteiger partial charge < -0.3 is 5.32 Å². The predicted octanol–water partition coefficient (Wildman–Crippen LogP) is 1.76. The summed E-state index contributed by atoms with van der Waals surface area (Å²) >= 11 is 0. The van der Waals surface area contributed by atoms with E-state index in [-0.39, 0.29) is 0 Å². The Morgan fingerprint density at radius 3 is 3.21 bits per heavy atom. The molecule has 0 spiro atoms. The maximum Gasteiger partial charge on any atom is 0.0991 e. The molecule has 1 aromatic heterocycles. The molecule has 0 saturated heterocycles. The van der Waals surface area contributed by atoms with E-state index in [1.165, 1.54) is 11.3 Å². The summed E-state index contributed by atoms with van der Waals surface area (Å²) in [6.07, 6.45) is 1.02. The third kappa shape index (κ3) is 2.25. The third-order valence-corrected chi connectivity index (χ3v) is 3.60. The van der Waals surface area contributed by atoms with Crippen molar-refractivity contribution in [2.24, 2.45) is 0 Å². The summed E-state index contributed by atoms with van der Waals surface area (Å²) in [5, 5.41) is 17.0. The summed E-state index contributed by atoms with van der Waals surface area (Å²) in [6.45, 7) is 4.73. The SMILES string of the molecule is Cc1nn(Cc2cccc(C#N)c2)c2c1CNCC2. The molecule has 1 aliphatic heterocycles. The standard InChI is InChI=1S/C15H16N4/c1-11-14-9-17-6-5-15(14)19(18-11)10-13-4-2-3-12(7-13)8-16/h2-4,7,17H,5-6,9-10H2,1H3. The summed E-state index contributed by atoms with van der Waals surface area (Å²) in [5.41, 5.74) is 5.61. The number of nitriles is 1. The van der Waals surface area contributed by atoms with Crippen molar-refractivity contribution in [3.05, 3.63) is 52.3 Å². The maximum absolute atomic E-state index is 8.94. The summed E-state index contributed by atoms with van der Waals surface area (Å²) in [4.78, 5) is 0. The fraction of sp³-hybridized carbons (Fsp3) is 0.333. The van der Waals surface area contributed by atoms with Gasteiger partial charge in [-0.15, -0.1) is 0 Å². The van der Waals surface area contributed by atoms with Crippen LogP contribution in [0.1, 0.15) is 28.1 Å². The summed E-state index contributed by atoms with van der Waals surface area (Å²) in [7, 11) is 0. The lowest BCUT2D eigenvalue weighted by Gasteiger charge is -2.15. The van der Waals surface area contributed by atoms with Gasteiger partial charge in [0.15, 0.2) is 0 Å². The molecule has 1 N–H and O–H groups in total. The van der Waals surface area contributed by atoms with Crippen LogP contribution in [0.25, 0.3) is 0 Å². The second kappa shape index (κ2) is 4.87. The Morgan fingerprint density at radius 2 is 2.37 bits per heavy atom. The molecule has 0 amide bonds. The first kappa shape index (κ1) is 11.9. The van der Waals surface area contributed by atoms with E-state index in [1.54, 1.807) is 0 Å². The van der Waals surface area contributed by atoms with E-state index in [1.807, 2.05) is 24.3 Å². The molecule has 4 heteroatoms. The number of hydrogen-bond acceptors (Lipinski definition) is 3. The van der Waals surface area contributed by atoms with Crippen LogP contribution in [0.4, 0.5) is 0 Å². The lowest BCUT2D eigenvalue weighted by Crippen LogP contribution is -2.25. The molecule has 0 saturated carbocycles. The summed E-state index contributed by atoms with van der Waals surface area (Å²) in [5.74, 6) is 0. The van der Waals surface area contributed by atoms with Crippen LogP contribution in [0, 0.1) is 18.3 Å². The number of fused-ring (bicyclic) bond motifs is 1. The Kier molecular flexibility index (Phi) is 3.06. The molecule has 3 rings (SSSR count). The van der Waals surface area contributed by atoms with Crippen LogP contribution in [-0.4, -0.2) is 16.3 Å². The fourth-order valence-electron chi connectivity index (χ4n) is 2.64. The molecule has 2 heterocycles. The quantitative estimate of drug-likeness (QED) is 0.886. The zero-order valence-electron chi connectivity index (χ0n) is 11.0. The molecule has 0 fully saturated rings. The highest BCUT2D eigenvalue weighted by atomic mass is 15.3. The van der Waals surface area contributed by atoms with Gasteiger partial charge in [-0.3, -0.25) is 4.68 Å². The van der Waals surface area contributed by atoms with Crippen LogP contribution >= 0.6 is 0 Å². The molecular weight excluding hydrogens is 236 g/mol. The normalized spacial score (nSPS) is 13.9. The van der Waals surface area contributed by atoms with Gasteiger partial charge in [0.25, 0.3) is 0 Å². The third-order valence-electron chi connectivity index (χ3n) is 3.60. The minimum Gasteiger partial charge on any atom is -0.312 e. The van der Waals surface area contributed by atoms with Crippen LogP contribution in [0.2, 0.25) is 0 Å². The Morgan fingerprint density at radius 1 is 1.47 bits per heavy atom. The second-order valence-corrected chi connectivity index (χ2v) is 4.91. The first-order chi connectivity index (χ1) is 9.28. The maximum atomic E-state index is 8.94. The van der Waals surface area contributed by atoms with Crippen LogP contribution < -0.4 is 5.32 Å². The number of aryl methyl sites for hydroxylation is 1. The molecule has 0 aliphatic carbocycles. The average molecular weight is 252 g/mol. The minimum atomic E-state index is 0.705. The Balaban J connectivity index is 1.93. The first-order valence-corrected chi connectivity index (χ1v) is 6.53. The van der Waals surface area contributed by atoms with Crippen LogP contribution in [0.5, 0.6) is 0 Å². The molecule has 19 heavy (non-hydrogen) atoms. The molecule has 4 nitrogen and oxygen atoms in total. The average Bonchev–Trinajstić information content (AvgIpc) is 2.76. The van der Waals surface area contributed by atoms with Crippen LogP contribution in [0.15, 0.2) is 24.3 Å². The molecule has 0 bridgehead atoms. The highest BCUT2D eigenvalue weighted by molar-refractivity contribution is 5.34. The molecule has 0 unspecified atom stereocenters. The highest BCUT2D eigenvalue weighted by Crippen LogP contribution is 2.19. The molecule has 0 atom stereocenters. The van der Waals surface area contributed by atoms with Crippen molar-refractivity contribution >= 4 is 0 Å². The van der Waals surface area contributed by atoms with Crippen molar-refractivity contribution in [2.45, 2.75) is 26.4 Å². The van der Waals surface area contributed by atoms with Crippen molar-refractivity contribution in [1.29, 1.82) is 5.26 Å². The van der Waals surface area contributed by atoms with Gasteiger partial charge in [-0.1, -0.05) is 12.1 Å². The van der Waals surface area contributed by atoms with Crippen LogP contribution in [-0.2, 0) is 19.5 Å².